The standard InChI is InChI=1S/C27H33N3O2/c1-4-28-14-16-29(17-15-28)26(23-12-10-20(2)11-13-23)25-24(31)18-21(3)30(27(25)32)19-22-8-6-5-7-9-22/h5-13,18,26,31H,4,14-17,19H2,1-3H3/t26-/m1/s1. The number of aromatic nitrogens is 1. The number of likely N-dealkylation sites (N-methyl/N-ethyl adjacent to an activating group) is 1. The van der Waals surface area contributed by atoms with E-state index in [2.05, 4.69) is 47.9 Å². The van der Waals surface area contributed by atoms with E-state index in [-0.39, 0.29) is 17.4 Å². The number of piperazine rings is 1. The summed E-state index contributed by atoms with van der Waals surface area (Å²) in [6.07, 6.45) is 0. The average Bonchev–Trinajstić information content (AvgIpc) is 2.81. The fourth-order valence-corrected chi connectivity index (χ4v) is 4.63. The molecule has 2 aromatic carbocycles. The van der Waals surface area contributed by atoms with Crippen molar-refractivity contribution in [2.24, 2.45) is 0 Å². The Hall–Kier alpha value is -2.89. The van der Waals surface area contributed by atoms with Gasteiger partial charge in [0.1, 0.15) is 5.75 Å². The number of hydrogen-bond donors (Lipinski definition) is 1. The molecule has 0 unspecified atom stereocenters. The van der Waals surface area contributed by atoms with Crippen LogP contribution >= 0.6 is 0 Å². The maximum atomic E-state index is 13.8. The smallest absolute Gasteiger partial charge is 0.259 e. The normalized spacial score (nSPS) is 16.2. The highest BCUT2D eigenvalue weighted by Gasteiger charge is 2.31. The largest absolute Gasteiger partial charge is 0.507 e. The Kier molecular flexibility index (Phi) is 6.77. The predicted molar refractivity (Wildman–Crippen MR) is 129 cm³/mol. The van der Waals surface area contributed by atoms with E-state index < -0.39 is 0 Å². The summed E-state index contributed by atoms with van der Waals surface area (Å²) >= 11 is 0. The third-order valence-corrected chi connectivity index (χ3v) is 6.59. The van der Waals surface area contributed by atoms with Gasteiger partial charge in [0.15, 0.2) is 0 Å². The Morgan fingerprint density at radius 2 is 1.59 bits per heavy atom. The highest BCUT2D eigenvalue weighted by Crippen LogP contribution is 2.33. The number of hydrogen-bond acceptors (Lipinski definition) is 4. The molecule has 5 nitrogen and oxygen atoms in total. The van der Waals surface area contributed by atoms with Gasteiger partial charge in [-0.25, -0.2) is 0 Å². The Bertz CT molecular complexity index is 1100. The lowest BCUT2D eigenvalue weighted by atomic mass is 9.95. The predicted octanol–water partition coefficient (Wildman–Crippen LogP) is 3.95. The minimum atomic E-state index is -0.273. The molecule has 1 saturated heterocycles. The van der Waals surface area contributed by atoms with Gasteiger partial charge in [-0.15, -0.1) is 0 Å². The molecule has 5 heteroatoms. The van der Waals surface area contributed by atoms with Gasteiger partial charge in [0.05, 0.1) is 18.2 Å². The van der Waals surface area contributed by atoms with Gasteiger partial charge in [0.2, 0.25) is 0 Å². The maximum absolute atomic E-state index is 13.8. The van der Waals surface area contributed by atoms with Gasteiger partial charge >= 0.3 is 0 Å². The van der Waals surface area contributed by atoms with Gasteiger partial charge < -0.3 is 14.6 Å². The first kappa shape index (κ1) is 22.3. The van der Waals surface area contributed by atoms with E-state index in [1.54, 1.807) is 10.6 Å². The molecule has 168 valence electrons. The summed E-state index contributed by atoms with van der Waals surface area (Å²) in [6.45, 7) is 11.3. The lowest BCUT2D eigenvalue weighted by Gasteiger charge is -2.39. The van der Waals surface area contributed by atoms with Gasteiger partial charge in [-0.2, -0.15) is 0 Å². The topological polar surface area (TPSA) is 48.7 Å². The lowest BCUT2D eigenvalue weighted by Crippen LogP contribution is -2.48. The summed E-state index contributed by atoms with van der Waals surface area (Å²) in [5, 5.41) is 11.0. The summed E-state index contributed by atoms with van der Waals surface area (Å²) in [7, 11) is 0. The first-order valence-corrected chi connectivity index (χ1v) is 11.5. The minimum absolute atomic E-state index is 0.0836. The Morgan fingerprint density at radius 3 is 2.22 bits per heavy atom. The van der Waals surface area contributed by atoms with Crippen molar-refractivity contribution in [2.75, 3.05) is 32.7 Å². The molecule has 0 aliphatic carbocycles. The van der Waals surface area contributed by atoms with Crippen LogP contribution in [-0.4, -0.2) is 52.2 Å². The zero-order valence-electron chi connectivity index (χ0n) is 19.3. The second-order valence-electron chi connectivity index (χ2n) is 8.74. The summed E-state index contributed by atoms with van der Waals surface area (Å²) in [4.78, 5) is 18.6. The monoisotopic (exact) mass is 431 g/mol. The van der Waals surface area contributed by atoms with E-state index in [0.29, 0.717) is 12.1 Å². The van der Waals surface area contributed by atoms with Crippen LogP contribution in [0.3, 0.4) is 0 Å². The minimum Gasteiger partial charge on any atom is -0.507 e. The van der Waals surface area contributed by atoms with E-state index >= 15 is 0 Å². The average molecular weight is 432 g/mol. The van der Waals surface area contributed by atoms with Crippen LogP contribution in [0, 0.1) is 13.8 Å². The van der Waals surface area contributed by atoms with Gasteiger partial charge in [0, 0.05) is 31.9 Å². The maximum Gasteiger partial charge on any atom is 0.259 e. The molecular weight excluding hydrogens is 398 g/mol. The Morgan fingerprint density at radius 1 is 0.938 bits per heavy atom. The van der Waals surface area contributed by atoms with E-state index in [0.717, 1.165) is 49.5 Å². The molecule has 4 rings (SSSR count). The van der Waals surface area contributed by atoms with Crippen LogP contribution in [0.1, 0.15) is 40.9 Å². The molecule has 0 radical (unpaired) electrons. The van der Waals surface area contributed by atoms with Crippen molar-refractivity contribution >= 4 is 0 Å². The third kappa shape index (κ3) is 4.64. The first-order chi connectivity index (χ1) is 15.5. The zero-order valence-corrected chi connectivity index (χ0v) is 19.3. The zero-order chi connectivity index (χ0) is 22.7. The summed E-state index contributed by atoms with van der Waals surface area (Å²) in [5.41, 5.74) is 4.41. The highest BCUT2D eigenvalue weighted by molar-refractivity contribution is 5.42. The molecule has 0 bridgehead atoms. The lowest BCUT2D eigenvalue weighted by molar-refractivity contribution is 0.111. The number of benzene rings is 2. The van der Waals surface area contributed by atoms with Crippen molar-refractivity contribution in [3.05, 3.63) is 99.0 Å². The number of aromatic hydroxyl groups is 1. The van der Waals surface area contributed by atoms with Gasteiger partial charge in [-0.05, 0) is 37.6 Å². The first-order valence-electron chi connectivity index (χ1n) is 11.5. The molecule has 0 saturated carbocycles. The second-order valence-corrected chi connectivity index (χ2v) is 8.74. The van der Waals surface area contributed by atoms with Crippen molar-refractivity contribution < 1.29 is 5.11 Å². The van der Waals surface area contributed by atoms with Gasteiger partial charge in [-0.3, -0.25) is 9.69 Å². The second kappa shape index (κ2) is 9.72. The van der Waals surface area contributed by atoms with Crippen LogP contribution in [0.2, 0.25) is 0 Å². The van der Waals surface area contributed by atoms with Crippen LogP contribution < -0.4 is 5.56 Å². The quantitative estimate of drug-likeness (QED) is 0.642. The molecule has 0 spiro atoms. The Balaban J connectivity index is 1.80. The summed E-state index contributed by atoms with van der Waals surface area (Å²) in [6, 6.07) is 19.8. The molecular formula is C27H33N3O2. The third-order valence-electron chi connectivity index (χ3n) is 6.59. The fourth-order valence-electron chi connectivity index (χ4n) is 4.63. The van der Waals surface area contributed by atoms with E-state index in [4.69, 9.17) is 0 Å². The van der Waals surface area contributed by atoms with Crippen molar-refractivity contribution in [3.63, 3.8) is 0 Å². The van der Waals surface area contributed by atoms with E-state index in [1.807, 2.05) is 37.3 Å². The molecule has 3 aromatic rings. The number of aryl methyl sites for hydroxylation is 2. The summed E-state index contributed by atoms with van der Waals surface area (Å²) < 4.78 is 1.79. The molecule has 0 amide bonds. The van der Waals surface area contributed by atoms with Crippen molar-refractivity contribution in [2.45, 2.75) is 33.4 Å². The molecule has 1 fully saturated rings. The number of rotatable bonds is 6. The van der Waals surface area contributed by atoms with Gasteiger partial charge in [0.25, 0.3) is 5.56 Å². The highest BCUT2D eigenvalue weighted by atomic mass is 16.3. The number of nitrogens with zero attached hydrogens (tertiary/aromatic N) is 3. The molecule has 1 aliphatic rings. The molecule has 1 aliphatic heterocycles. The fraction of sp³-hybridized carbons (Fsp3) is 0.370. The molecule has 1 N–H and O–H groups in total. The SMILES string of the molecule is CCN1CCN([C@H](c2ccc(C)cc2)c2c(O)cc(C)n(Cc3ccccc3)c2=O)CC1. The molecule has 2 heterocycles. The van der Waals surface area contributed by atoms with Crippen LogP contribution in [0.5, 0.6) is 5.75 Å². The van der Waals surface area contributed by atoms with E-state index in [1.165, 1.54) is 5.56 Å². The molecule has 32 heavy (non-hydrogen) atoms. The van der Waals surface area contributed by atoms with Crippen molar-refractivity contribution in [1.82, 2.24) is 14.4 Å². The van der Waals surface area contributed by atoms with Gasteiger partial charge in [-0.1, -0.05) is 67.1 Å². The van der Waals surface area contributed by atoms with Crippen LogP contribution in [-0.2, 0) is 6.54 Å². The molecule has 1 atom stereocenters. The van der Waals surface area contributed by atoms with E-state index in [9.17, 15) is 9.90 Å². The van der Waals surface area contributed by atoms with Crippen LogP contribution in [0.15, 0.2) is 65.5 Å². The van der Waals surface area contributed by atoms with Crippen LogP contribution in [0.25, 0.3) is 0 Å². The Labute approximate surface area is 190 Å². The number of pyridine rings is 1. The molecule has 1 aromatic heterocycles. The van der Waals surface area contributed by atoms with Crippen molar-refractivity contribution in [3.8, 4) is 5.75 Å². The van der Waals surface area contributed by atoms with Crippen molar-refractivity contribution in [1.29, 1.82) is 0 Å². The summed E-state index contributed by atoms with van der Waals surface area (Å²) in [5.74, 6) is 0.0836. The van der Waals surface area contributed by atoms with Crippen LogP contribution in [0.4, 0.5) is 0 Å².